The van der Waals surface area contributed by atoms with E-state index in [9.17, 15) is 4.79 Å². The molecule has 1 N–H and O–H groups in total. The number of ether oxygens (including phenoxy) is 1. The first-order valence-electron chi connectivity index (χ1n) is 11.2. The Balaban J connectivity index is 1.42. The Labute approximate surface area is 198 Å². The fraction of sp³-hybridized carbons (Fsp3) is 0.360. The third kappa shape index (κ3) is 6.01. The molecule has 0 spiro atoms. The van der Waals surface area contributed by atoms with Gasteiger partial charge in [0.1, 0.15) is 5.75 Å². The molecule has 1 aliphatic rings. The highest BCUT2D eigenvalue weighted by atomic mass is 32.2. The van der Waals surface area contributed by atoms with E-state index in [1.54, 1.807) is 13.3 Å². The number of carbonyl (C=O) groups is 1. The van der Waals surface area contributed by atoms with Gasteiger partial charge in [-0.15, -0.1) is 10.2 Å². The number of thioether (sulfide) groups is 1. The largest absolute Gasteiger partial charge is 0.497 e. The molecule has 172 valence electrons. The fourth-order valence-electron chi connectivity index (χ4n) is 3.97. The second-order valence-electron chi connectivity index (χ2n) is 8.19. The lowest BCUT2D eigenvalue weighted by molar-refractivity contribution is -0.118. The van der Waals surface area contributed by atoms with Crippen LogP contribution in [0.1, 0.15) is 49.3 Å². The van der Waals surface area contributed by atoms with Gasteiger partial charge in [-0.1, -0.05) is 60.9 Å². The summed E-state index contributed by atoms with van der Waals surface area (Å²) in [5.41, 5.74) is 5.74. The predicted octanol–water partition coefficient (Wildman–Crippen LogP) is 5.01. The molecular weight excluding hydrogens is 434 g/mol. The van der Waals surface area contributed by atoms with Gasteiger partial charge in [0.15, 0.2) is 11.0 Å². The van der Waals surface area contributed by atoms with Gasteiger partial charge in [0.25, 0.3) is 5.91 Å². The molecule has 0 radical (unpaired) electrons. The summed E-state index contributed by atoms with van der Waals surface area (Å²) < 4.78 is 7.38. The molecule has 4 rings (SSSR count). The van der Waals surface area contributed by atoms with Gasteiger partial charge in [-0.3, -0.25) is 9.36 Å². The molecule has 8 heteroatoms. The Kier molecular flexibility index (Phi) is 7.78. The van der Waals surface area contributed by atoms with E-state index in [0.717, 1.165) is 40.7 Å². The van der Waals surface area contributed by atoms with E-state index in [0.29, 0.717) is 6.04 Å². The van der Waals surface area contributed by atoms with Crippen molar-refractivity contribution in [3.63, 3.8) is 0 Å². The van der Waals surface area contributed by atoms with Crippen molar-refractivity contribution >= 4 is 23.9 Å². The Morgan fingerprint density at radius 1 is 1.12 bits per heavy atom. The van der Waals surface area contributed by atoms with Crippen molar-refractivity contribution in [1.29, 1.82) is 0 Å². The lowest BCUT2D eigenvalue weighted by atomic mass is 9.95. The molecule has 1 heterocycles. The minimum Gasteiger partial charge on any atom is -0.497 e. The first-order valence-corrected chi connectivity index (χ1v) is 12.2. The minimum atomic E-state index is -0.181. The summed E-state index contributed by atoms with van der Waals surface area (Å²) in [5, 5.41) is 13.8. The molecule has 2 aromatic carbocycles. The first kappa shape index (κ1) is 23.0. The highest BCUT2D eigenvalue weighted by Gasteiger charge is 2.24. The second-order valence-corrected chi connectivity index (χ2v) is 9.13. The van der Waals surface area contributed by atoms with E-state index < -0.39 is 0 Å². The van der Waals surface area contributed by atoms with Crippen molar-refractivity contribution in [1.82, 2.24) is 20.2 Å². The minimum absolute atomic E-state index is 0.181. The fourth-order valence-corrected chi connectivity index (χ4v) is 4.77. The molecule has 33 heavy (non-hydrogen) atoms. The summed E-state index contributed by atoms with van der Waals surface area (Å²) in [6.45, 7) is 2.08. The molecule has 0 bridgehead atoms. The number of aromatic nitrogens is 3. The quantitative estimate of drug-likeness (QED) is 0.288. The highest BCUT2D eigenvalue weighted by Crippen LogP contribution is 2.35. The average Bonchev–Trinajstić information content (AvgIpc) is 3.28. The summed E-state index contributed by atoms with van der Waals surface area (Å²) in [4.78, 5) is 12.4. The van der Waals surface area contributed by atoms with Crippen molar-refractivity contribution in [2.75, 3.05) is 12.9 Å². The number of nitrogens with one attached hydrogen (secondary N) is 1. The smallest absolute Gasteiger partial charge is 0.250 e. The molecule has 0 atom stereocenters. The van der Waals surface area contributed by atoms with Crippen molar-refractivity contribution < 1.29 is 9.53 Å². The number of nitrogens with zero attached hydrogens (tertiary/aromatic N) is 4. The van der Waals surface area contributed by atoms with Gasteiger partial charge in [-0.05, 0) is 49.6 Å². The van der Waals surface area contributed by atoms with E-state index in [4.69, 9.17) is 4.74 Å². The molecule has 7 nitrogen and oxygen atoms in total. The van der Waals surface area contributed by atoms with Gasteiger partial charge in [0.2, 0.25) is 0 Å². The van der Waals surface area contributed by atoms with Crippen LogP contribution in [0.3, 0.4) is 0 Å². The first-order chi connectivity index (χ1) is 16.1. The number of amides is 1. The average molecular weight is 464 g/mol. The Morgan fingerprint density at radius 2 is 1.85 bits per heavy atom. The number of methoxy groups -OCH3 is 1. The summed E-state index contributed by atoms with van der Waals surface area (Å²) in [6.07, 6.45) is 7.53. The van der Waals surface area contributed by atoms with Gasteiger partial charge in [0, 0.05) is 11.6 Å². The number of carbonyl (C=O) groups excluding carboxylic acids is 1. The van der Waals surface area contributed by atoms with Crippen molar-refractivity contribution in [3.05, 3.63) is 59.7 Å². The highest BCUT2D eigenvalue weighted by molar-refractivity contribution is 7.99. The van der Waals surface area contributed by atoms with Crippen LogP contribution in [0.4, 0.5) is 0 Å². The number of rotatable bonds is 8. The third-order valence-electron chi connectivity index (χ3n) is 5.77. The molecule has 1 amide bonds. The Morgan fingerprint density at radius 3 is 2.55 bits per heavy atom. The molecule has 0 aliphatic heterocycles. The van der Waals surface area contributed by atoms with E-state index >= 15 is 0 Å². The molecule has 0 saturated heterocycles. The topological polar surface area (TPSA) is 81.4 Å². The molecule has 1 fully saturated rings. The maximum atomic E-state index is 12.4. The molecule has 0 unspecified atom stereocenters. The zero-order chi connectivity index (χ0) is 23.0. The Bertz CT molecular complexity index is 1090. The van der Waals surface area contributed by atoms with Crippen LogP contribution in [0.5, 0.6) is 5.75 Å². The number of benzene rings is 2. The molecule has 1 aromatic heterocycles. The number of hydrogen-bond acceptors (Lipinski definition) is 6. The number of hydrazone groups is 1. The molecular formula is C25H29N5O2S. The van der Waals surface area contributed by atoms with Gasteiger partial charge < -0.3 is 4.74 Å². The van der Waals surface area contributed by atoms with E-state index in [-0.39, 0.29) is 11.7 Å². The van der Waals surface area contributed by atoms with Crippen molar-refractivity contribution in [2.45, 2.75) is 50.2 Å². The number of hydrogen-bond donors (Lipinski definition) is 1. The van der Waals surface area contributed by atoms with Crippen molar-refractivity contribution in [2.24, 2.45) is 5.10 Å². The van der Waals surface area contributed by atoms with Gasteiger partial charge in [-0.2, -0.15) is 5.10 Å². The normalized spacial score (nSPS) is 14.5. The molecule has 1 saturated carbocycles. The van der Waals surface area contributed by atoms with Gasteiger partial charge in [-0.25, -0.2) is 5.43 Å². The number of aryl methyl sites for hydroxylation is 1. The molecule has 3 aromatic rings. The van der Waals surface area contributed by atoms with Crippen LogP contribution in [0, 0.1) is 6.92 Å². The third-order valence-corrected chi connectivity index (χ3v) is 6.71. The van der Waals surface area contributed by atoms with E-state index in [2.05, 4.69) is 56.5 Å². The van der Waals surface area contributed by atoms with E-state index in [1.165, 1.54) is 36.6 Å². The summed E-state index contributed by atoms with van der Waals surface area (Å²) in [6, 6.07) is 16.2. The van der Waals surface area contributed by atoms with Crippen LogP contribution in [0.25, 0.3) is 11.4 Å². The standard InChI is InChI=1S/C25H29N5O2S/c1-18-8-12-20(13-9-18)24-28-29-25(30(24)21-6-4-3-5-7-21)33-17-23(31)27-26-16-19-10-14-22(32-2)15-11-19/h8-16,21H,3-7,17H2,1-2H3,(H,27,31). The van der Waals surface area contributed by atoms with Crippen LogP contribution in [-0.2, 0) is 4.79 Å². The van der Waals surface area contributed by atoms with Gasteiger partial charge >= 0.3 is 0 Å². The maximum Gasteiger partial charge on any atom is 0.250 e. The van der Waals surface area contributed by atoms with Crippen LogP contribution in [0.2, 0.25) is 0 Å². The summed E-state index contributed by atoms with van der Waals surface area (Å²) >= 11 is 1.41. The van der Waals surface area contributed by atoms with Crippen molar-refractivity contribution in [3.8, 4) is 17.1 Å². The summed E-state index contributed by atoms with van der Waals surface area (Å²) in [5.74, 6) is 1.69. The monoisotopic (exact) mass is 463 g/mol. The lowest BCUT2D eigenvalue weighted by Crippen LogP contribution is -2.20. The lowest BCUT2D eigenvalue weighted by Gasteiger charge is -2.25. The Hall–Kier alpha value is -3.13. The van der Waals surface area contributed by atoms with Crippen LogP contribution in [-0.4, -0.2) is 39.7 Å². The summed E-state index contributed by atoms with van der Waals surface area (Å²) in [7, 11) is 1.62. The zero-order valence-electron chi connectivity index (χ0n) is 19.0. The predicted molar refractivity (Wildman–Crippen MR) is 132 cm³/mol. The van der Waals surface area contributed by atoms with Crippen LogP contribution in [0.15, 0.2) is 58.8 Å². The van der Waals surface area contributed by atoms with Crippen LogP contribution < -0.4 is 10.2 Å². The SMILES string of the molecule is COc1ccc(C=NNC(=O)CSc2nnc(-c3ccc(C)cc3)n2C2CCCCC2)cc1. The maximum absolute atomic E-state index is 12.4. The second kappa shape index (κ2) is 11.1. The van der Waals surface area contributed by atoms with Crippen LogP contribution >= 0.6 is 11.8 Å². The molecule has 1 aliphatic carbocycles. The van der Waals surface area contributed by atoms with Gasteiger partial charge in [0.05, 0.1) is 19.1 Å². The zero-order valence-corrected chi connectivity index (χ0v) is 19.8. The van der Waals surface area contributed by atoms with E-state index in [1.807, 2.05) is 24.3 Å².